The number of piperidine rings is 1. The zero-order chi connectivity index (χ0) is 13.6. The fourth-order valence-corrected chi connectivity index (χ4v) is 2.66. The van der Waals surface area contributed by atoms with E-state index in [4.69, 9.17) is 10.5 Å². The van der Waals surface area contributed by atoms with Crippen LogP contribution in [0, 0.1) is 5.92 Å². The number of hydrogen-bond donors (Lipinski definition) is 1. The van der Waals surface area contributed by atoms with Crippen molar-refractivity contribution in [1.82, 2.24) is 4.90 Å². The summed E-state index contributed by atoms with van der Waals surface area (Å²) < 4.78 is 5.11. The van der Waals surface area contributed by atoms with Gasteiger partial charge in [-0.1, -0.05) is 0 Å². The lowest BCUT2D eigenvalue weighted by atomic mass is 9.86. The molecule has 5 heteroatoms. The average Bonchev–Trinajstić information content (AvgIpc) is 2.26. The largest absolute Gasteiger partial charge is 0.444 e. The predicted octanol–water partition coefficient (Wildman–Crippen LogP) is 1.55. The van der Waals surface area contributed by atoms with Crippen LogP contribution in [0.3, 0.4) is 0 Å². The molecule has 0 aliphatic carbocycles. The van der Waals surface area contributed by atoms with Crippen LogP contribution in [-0.4, -0.2) is 42.5 Å². The summed E-state index contributed by atoms with van der Waals surface area (Å²) in [6, 6.07) is 0. The van der Waals surface area contributed by atoms with Crippen LogP contribution in [-0.2, 0) is 9.53 Å². The Labute approximate surface area is 109 Å². The number of nitrogens with two attached hydrogens (primary N) is 1. The normalized spacial score (nSPS) is 18.6. The number of hydrogen-bond acceptors (Lipinski definition) is 4. The number of nitrogens with zero attached hydrogens (tertiary/aromatic N) is 1. The molecule has 0 saturated carbocycles. The van der Waals surface area contributed by atoms with Crippen LogP contribution in [0.15, 0.2) is 0 Å². The molecule has 18 heavy (non-hydrogen) atoms. The topological polar surface area (TPSA) is 72.6 Å². The molecule has 0 aromatic heterocycles. The summed E-state index contributed by atoms with van der Waals surface area (Å²) in [5.41, 5.74) is 4.57. The molecule has 1 aliphatic heterocycles. The average molecular weight is 256 g/mol. The fourth-order valence-electron chi connectivity index (χ4n) is 2.66. The number of amides is 1. The van der Waals surface area contributed by atoms with E-state index < -0.39 is 11.7 Å². The molecule has 0 spiro atoms. The molecular formula is C13H24N2O3. The minimum absolute atomic E-state index is 0.485. The summed E-state index contributed by atoms with van der Waals surface area (Å²) in [7, 11) is 0. The second-order valence-corrected chi connectivity index (χ2v) is 5.63. The first kappa shape index (κ1) is 15.0. The number of rotatable bonds is 6. The summed E-state index contributed by atoms with van der Waals surface area (Å²) in [6.07, 6.45) is 3.90. The number of ether oxygens (including phenoxy) is 1. The molecule has 1 aliphatic rings. The molecule has 2 N–H and O–H groups in total. The minimum atomic E-state index is -0.705. The highest BCUT2D eigenvalue weighted by atomic mass is 16.6. The minimum Gasteiger partial charge on any atom is -0.444 e. The molecule has 0 bridgehead atoms. The first-order chi connectivity index (χ1) is 8.43. The smallest absolute Gasteiger partial charge is 0.405 e. The van der Waals surface area contributed by atoms with Crippen molar-refractivity contribution >= 4 is 12.4 Å². The number of likely N-dealkylation sites (tertiary alicyclic amines) is 1. The van der Waals surface area contributed by atoms with Crippen molar-refractivity contribution in [2.24, 2.45) is 11.7 Å². The van der Waals surface area contributed by atoms with Gasteiger partial charge >= 0.3 is 6.09 Å². The molecule has 0 unspecified atom stereocenters. The quantitative estimate of drug-likeness (QED) is 0.732. The number of primary amides is 1. The second-order valence-electron chi connectivity index (χ2n) is 5.63. The van der Waals surface area contributed by atoms with Gasteiger partial charge in [0, 0.05) is 13.0 Å². The number of carbonyl (C=O) groups is 2. The van der Waals surface area contributed by atoms with E-state index in [-0.39, 0.29) is 0 Å². The zero-order valence-corrected chi connectivity index (χ0v) is 11.4. The fraction of sp³-hybridized carbons (Fsp3) is 0.846. The molecule has 0 aromatic rings. The SMILES string of the molecule is CC(C)(CC1CCN(CCC=O)CC1)OC(N)=O. The van der Waals surface area contributed by atoms with Crippen LogP contribution in [0.25, 0.3) is 0 Å². The van der Waals surface area contributed by atoms with Crippen LogP contribution in [0.5, 0.6) is 0 Å². The Balaban J connectivity index is 2.30. The molecule has 0 aromatic carbocycles. The predicted molar refractivity (Wildman–Crippen MR) is 69.2 cm³/mol. The maximum absolute atomic E-state index is 10.8. The molecule has 1 saturated heterocycles. The zero-order valence-electron chi connectivity index (χ0n) is 11.4. The van der Waals surface area contributed by atoms with Gasteiger partial charge in [-0.25, -0.2) is 4.79 Å². The summed E-state index contributed by atoms with van der Waals surface area (Å²) in [5, 5.41) is 0. The Kier molecular flexibility index (Phi) is 5.59. The van der Waals surface area contributed by atoms with Gasteiger partial charge < -0.3 is 20.2 Å². The van der Waals surface area contributed by atoms with Crippen molar-refractivity contribution in [2.45, 2.75) is 45.1 Å². The summed E-state index contributed by atoms with van der Waals surface area (Å²) in [6.45, 7) is 6.70. The van der Waals surface area contributed by atoms with E-state index in [0.29, 0.717) is 12.3 Å². The molecular weight excluding hydrogens is 232 g/mol. The highest BCUT2D eigenvalue weighted by Crippen LogP contribution is 2.28. The Morgan fingerprint density at radius 1 is 1.44 bits per heavy atom. The standard InChI is InChI=1S/C13H24N2O3/c1-13(2,18-12(14)17)10-11-4-7-15(8-5-11)6-3-9-16/h9,11H,3-8,10H2,1-2H3,(H2,14,17). The van der Waals surface area contributed by atoms with Crippen LogP contribution in [0.1, 0.15) is 39.5 Å². The first-order valence-corrected chi connectivity index (χ1v) is 6.57. The van der Waals surface area contributed by atoms with E-state index >= 15 is 0 Å². The van der Waals surface area contributed by atoms with Gasteiger partial charge in [0.1, 0.15) is 11.9 Å². The Bertz CT molecular complexity index is 284. The number of aldehydes is 1. The van der Waals surface area contributed by atoms with Crippen LogP contribution in [0.4, 0.5) is 4.79 Å². The summed E-state index contributed by atoms with van der Waals surface area (Å²) >= 11 is 0. The highest BCUT2D eigenvalue weighted by molar-refractivity contribution is 5.65. The molecule has 1 heterocycles. The summed E-state index contributed by atoms with van der Waals surface area (Å²) in [4.78, 5) is 23.4. The molecule has 0 radical (unpaired) electrons. The van der Waals surface area contributed by atoms with Gasteiger partial charge in [0.2, 0.25) is 0 Å². The lowest BCUT2D eigenvalue weighted by molar-refractivity contribution is -0.108. The van der Waals surface area contributed by atoms with Gasteiger partial charge in [-0.05, 0) is 52.1 Å². The van der Waals surface area contributed by atoms with E-state index in [1.54, 1.807) is 0 Å². The van der Waals surface area contributed by atoms with E-state index in [1.165, 1.54) is 0 Å². The van der Waals surface area contributed by atoms with E-state index in [0.717, 1.165) is 45.2 Å². The van der Waals surface area contributed by atoms with Gasteiger partial charge in [0.15, 0.2) is 0 Å². The van der Waals surface area contributed by atoms with Crippen molar-refractivity contribution in [2.75, 3.05) is 19.6 Å². The maximum Gasteiger partial charge on any atom is 0.405 e. The third-order valence-corrected chi connectivity index (χ3v) is 3.43. The van der Waals surface area contributed by atoms with Crippen LogP contribution >= 0.6 is 0 Å². The van der Waals surface area contributed by atoms with E-state index in [1.807, 2.05) is 13.8 Å². The Morgan fingerprint density at radius 3 is 2.56 bits per heavy atom. The third-order valence-electron chi connectivity index (χ3n) is 3.43. The molecule has 1 fully saturated rings. The highest BCUT2D eigenvalue weighted by Gasteiger charge is 2.28. The molecule has 1 rings (SSSR count). The summed E-state index contributed by atoms with van der Waals surface area (Å²) in [5.74, 6) is 0.562. The monoisotopic (exact) mass is 256 g/mol. The van der Waals surface area contributed by atoms with Gasteiger partial charge in [-0.2, -0.15) is 0 Å². The van der Waals surface area contributed by atoms with Gasteiger partial charge in [0.25, 0.3) is 0 Å². The lowest BCUT2D eigenvalue weighted by Gasteiger charge is -2.35. The van der Waals surface area contributed by atoms with Crippen LogP contribution in [0.2, 0.25) is 0 Å². The number of carbonyl (C=O) groups excluding carboxylic acids is 2. The van der Waals surface area contributed by atoms with Gasteiger partial charge in [-0.3, -0.25) is 0 Å². The first-order valence-electron chi connectivity index (χ1n) is 6.57. The van der Waals surface area contributed by atoms with E-state index in [2.05, 4.69) is 4.90 Å². The lowest BCUT2D eigenvalue weighted by Crippen LogP contribution is -2.39. The van der Waals surface area contributed by atoms with Crippen molar-refractivity contribution in [3.8, 4) is 0 Å². The second kappa shape index (κ2) is 6.73. The Morgan fingerprint density at radius 2 is 2.06 bits per heavy atom. The van der Waals surface area contributed by atoms with E-state index in [9.17, 15) is 9.59 Å². The molecule has 0 atom stereocenters. The third kappa shape index (κ3) is 5.49. The Hall–Kier alpha value is -1.10. The van der Waals surface area contributed by atoms with Crippen molar-refractivity contribution in [3.05, 3.63) is 0 Å². The van der Waals surface area contributed by atoms with Gasteiger partial charge in [0.05, 0.1) is 0 Å². The maximum atomic E-state index is 10.8. The molecule has 5 nitrogen and oxygen atoms in total. The van der Waals surface area contributed by atoms with Crippen molar-refractivity contribution < 1.29 is 14.3 Å². The van der Waals surface area contributed by atoms with Crippen molar-refractivity contribution in [1.29, 1.82) is 0 Å². The molecule has 1 amide bonds. The van der Waals surface area contributed by atoms with Gasteiger partial charge in [-0.15, -0.1) is 0 Å². The van der Waals surface area contributed by atoms with Crippen molar-refractivity contribution in [3.63, 3.8) is 0 Å². The van der Waals surface area contributed by atoms with Crippen LogP contribution < -0.4 is 5.73 Å². The molecule has 104 valence electrons.